The predicted octanol–water partition coefficient (Wildman–Crippen LogP) is 2.18. The fourth-order valence-corrected chi connectivity index (χ4v) is 3.30. The van der Waals surface area contributed by atoms with Crippen LogP contribution in [0.4, 0.5) is 0 Å². The first-order chi connectivity index (χ1) is 13.6. The van der Waals surface area contributed by atoms with Gasteiger partial charge < -0.3 is 24.6 Å². The average molecular weight is 387 g/mol. The van der Waals surface area contributed by atoms with E-state index in [0.717, 1.165) is 11.1 Å². The molecule has 0 saturated heterocycles. The van der Waals surface area contributed by atoms with Crippen LogP contribution >= 0.6 is 0 Å². The van der Waals surface area contributed by atoms with Crippen LogP contribution in [-0.4, -0.2) is 50.8 Å². The zero-order valence-corrected chi connectivity index (χ0v) is 16.5. The van der Waals surface area contributed by atoms with E-state index >= 15 is 0 Å². The number of amides is 1. The molecule has 1 aromatic rings. The van der Waals surface area contributed by atoms with Gasteiger partial charge in [0.25, 0.3) is 5.91 Å². The van der Waals surface area contributed by atoms with E-state index in [2.05, 4.69) is 11.2 Å². The molecule has 6 nitrogen and oxygen atoms in total. The van der Waals surface area contributed by atoms with E-state index in [1.54, 1.807) is 7.11 Å². The molecule has 0 bridgehead atoms. The maximum absolute atomic E-state index is 12.5. The molecule has 0 aliphatic carbocycles. The van der Waals surface area contributed by atoms with Crippen molar-refractivity contribution in [1.29, 1.82) is 0 Å². The Morgan fingerprint density at radius 1 is 1.36 bits per heavy atom. The largest absolute Gasteiger partial charge is 0.459 e. The summed E-state index contributed by atoms with van der Waals surface area (Å²) in [4.78, 5) is 12.5. The summed E-state index contributed by atoms with van der Waals surface area (Å²) in [6.45, 7) is 3.25. The molecule has 1 aromatic carbocycles. The number of aliphatic hydroxyl groups excluding tert-OH is 1. The normalized spacial score (nSPS) is 21.4. The van der Waals surface area contributed by atoms with Crippen LogP contribution in [-0.2, 0) is 19.0 Å². The molecule has 1 aliphatic heterocycles. The lowest BCUT2D eigenvalue weighted by atomic mass is 9.80. The lowest BCUT2D eigenvalue weighted by molar-refractivity contribution is -0.166. The van der Waals surface area contributed by atoms with Gasteiger partial charge in [-0.15, -0.1) is 6.42 Å². The van der Waals surface area contributed by atoms with E-state index in [0.29, 0.717) is 32.6 Å². The number of allylic oxidation sites excluding steroid dienone is 1. The fraction of sp³-hybridized carbons (Fsp3) is 0.500. The topological polar surface area (TPSA) is 77.0 Å². The molecule has 3 atom stereocenters. The summed E-state index contributed by atoms with van der Waals surface area (Å²) >= 11 is 0. The summed E-state index contributed by atoms with van der Waals surface area (Å²) in [5.41, 5.74) is 1.82. The Labute approximate surface area is 166 Å². The van der Waals surface area contributed by atoms with Crippen molar-refractivity contribution in [2.45, 2.75) is 32.0 Å². The van der Waals surface area contributed by atoms with Crippen LogP contribution in [0.15, 0.2) is 36.1 Å². The van der Waals surface area contributed by atoms with Crippen LogP contribution in [0.5, 0.6) is 0 Å². The molecule has 28 heavy (non-hydrogen) atoms. The Hall–Kier alpha value is -2.33. The van der Waals surface area contributed by atoms with Gasteiger partial charge in [-0.2, -0.15) is 0 Å². The maximum Gasteiger partial charge on any atom is 0.286 e. The highest BCUT2D eigenvalue weighted by atomic mass is 16.7. The Balaban J connectivity index is 2.34. The monoisotopic (exact) mass is 387 g/mol. The minimum Gasteiger partial charge on any atom is -0.459 e. The third-order valence-electron chi connectivity index (χ3n) is 4.69. The molecule has 6 heteroatoms. The van der Waals surface area contributed by atoms with Crippen molar-refractivity contribution in [3.05, 3.63) is 47.2 Å². The number of carbonyl (C=O) groups excluding carboxylic acids is 1. The van der Waals surface area contributed by atoms with Gasteiger partial charge in [0.1, 0.15) is 0 Å². The number of rotatable bonds is 10. The third-order valence-corrected chi connectivity index (χ3v) is 4.69. The molecule has 0 saturated carbocycles. The number of terminal acetylenes is 1. The molecule has 0 spiro atoms. The van der Waals surface area contributed by atoms with E-state index in [4.69, 9.17) is 20.6 Å². The molecule has 1 aliphatic rings. The van der Waals surface area contributed by atoms with Gasteiger partial charge in [0.2, 0.25) is 6.29 Å². The van der Waals surface area contributed by atoms with Crippen LogP contribution in [0.1, 0.15) is 36.8 Å². The molecular weight excluding hydrogens is 358 g/mol. The summed E-state index contributed by atoms with van der Waals surface area (Å²) in [5.74, 6) is 2.43. The van der Waals surface area contributed by atoms with Crippen LogP contribution < -0.4 is 5.32 Å². The van der Waals surface area contributed by atoms with Gasteiger partial charge >= 0.3 is 0 Å². The molecule has 2 N–H and O–H groups in total. The smallest absolute Gasteiger partial charge is 0.286 e. The van der Waals surface area contributed by atoms with Crippen LogP contribution in [0, 0.1) is 18.3 Å². The zero-order chi connectivity index (χ0) is 20.4. The van der Waals surface area contributed by atoms with Gasteiger partial charge in [-0.25, -0.2) is 0 Å². The van der Waals surface area contributed by atoms with Gasteiger partial charge in [-0.05, 0) is 43.5 Å². The van der Waals surface area contributed by atoms with Crippen LogP contribution in [0.3, 0.4) is 0 Å². The quantitative estimate of drug-likeness (QED) is 0.475. The first kappa shape index (κ1) is 22.0. The van der Waals surface area contributed by atoms with Gasteiger partial charge in [0, 0.05) is 44.3 Å². The minimum atomic E-state index is -0.568. The Kier molecular flexibility index (Phi) is 9.02. The van der Waals surface area contributed by atoms with Crippen molar-refractivity contribution in [2.24, 2.45) is 5.92 Å². The molecule has 1 heterocycles. The first-order valence-electron chi connectivity index (χ1n) is 9.59. The highest BCUT2D eigenvalue weighted by Gasteiger charge is 2.37. The number of aliphatic hydroxyl groups is 1. The van der Waals surface area contributed by atoms with Crippen molar-refractivity contribution in [2.75, 3.05) is 33.5 Å². The number of nitrogens with one attached hydrogen (secondary N) is 1. The highest BCUT2D eigenvalue weighted by molar-refractivity contribution is 5.91. The number of hydrogen-bond donors (Lipinski definition) is 2. The van der Waals surface area contributed by atoms with Crippen molar-refractivity contribution in [3.8, 4) is 12.3 Å². The SMILES string of the molecule is C#Cc1ccc([C@@H]2C=C(C(=O)NCCOC)O[C@H](OCC)[C@@H]2CCCO)cc1. The number of methoxy groups -OCH3 is 1. The fourth-order valence-electron chi connectivity index (χ4n) is 3.30. The standard InChI is InChI=1S/C22H29NO5/c1-4-16-8-10-17(11-9-16)19-15-20(21(25)23-12-14-26-3)28-22(27-5-2)18(19)7-6-13-24/h1,8-11,15,18-19,22,24H,5-7,12-14H2,2-3H3,(H,23,25)/t18-,19+,22+/m1/s1. The molecule has 152 valence electrons. The van der Waals surface area contributed by atoms with Crippen molar-refractivity contribution in [1.82, 2.24) is 5.32 Å². The van der Waals surface area contributed by atoms with Crippen LogP contribution in [0.25, 0.3) is 0 Å². The van der Waals surface area contributed by atoms with Gasteiger partial charge in [-0.1, -0.05) is 18.1 Å². The summed E-state index contributed by atoms with van der Waals surface area (Å²) < 4.78 is 16.7. The van der Waals surface area contributed by atoms with E-state index in [1.807, 2.05) is 37.3 Å². The second kappa shape index (κ2) is 11.5. The summed E-state index contributed by atoms with van der Waals surface area (Å²) in [5, 5.41) is 12.1. The first-order valence-corrected chi connectivity index (χ1v) is 9.59. The van der Waals surface area contributed by atoms with E-state index < -0.39 is 6.29 Å². The molecule has 0 fully saturated rings. The predicted molar refractivity (Wildman–Crippen MR) is 106 cm³/mol. The lowest BCUT2D eigenvalue weighted by Gasteiger charge is -2.37. The molecule has 0 radical (unpaired) electrons. The number of ether oxygens (including phenoxy) is 3. The van der Waals surface area contributed by atoms with Gasteiger partial charge in [0.05, 0.1) is 6.61 Å². The zero-order valence-electron chi connectivity index (χ0n) is 16.5. The number of carbonyl (C=O) groups is 1. The third kappa shape index (κ3) is 5.83. The average Bonchev–Trinajstić information content (AvgIpc) is 2.72. The summed E-state index contributed by atoms with van der Waals surface area (Å²) in [6.07, 6.45) is 8.06. The van der Waals surface area contributed by atoms with Gasteiger partial charge in [0.15, 0.2) is 5.76 Å². The van der Waals surface area contributed by atoms with Crippen molar-refractivity contribution < 1.29 is 24.1 Å². The maximum atomic E-state index is 12.5. The molecule has 1 amide bonds. The van der Waals surface area contributed by atoms with E-state index in [1.165, 1.54) is 0 Å². The summed E-state index contributed by atoms with van der Waals surface area (Å²) in [7, 11) is 1.58. The molecule has 0 aromatic heterocycles. The second-order valence-corrected chi connectivity index (χ2v) is 6.54. The second-order valence-electron chi connectivity index (χ2n) is 6.54. The Morgan fingerprint density at radius 2 is 2.11 bits per heavy atom. The number of hydrogen-bond acceptors (Lipinski definition) is 5. The summed E-state index contributed by atoms with van der Waals surface area (Å²) in [6, 6.07) is 7.71. The minimum absolute atomic E-state index is 0.0284. The Bertz CT molecular complexity index is 692. The van der Waals surface area contributed by atoms with Crippen molar-refractivity contribution >= 4 is 5.91 Å². The van der Waals surface area contributed by atoms with E-state index in [-0.39, 0.29) is 30.1 Å². The van der Waals surface area contributed by atoms with Gasteiger partial charge in [-0.3, -0.25) is 4.79 Å². The van der Waals surface area contributed by atoms with Crippen molar-refractivity contribution in [3.63, 3.8) is 0 Å². The number of benzene rings is 1. The molecule has 0 unspecified atom stereocenters. The molecular formula is C22H29NO5. The van der Waals surface area contributed by atoms with E-state index in [9.17, 15) is 9.90 Å². The van der Waals surface area contributed by atoms with Crippen LogP contribution in [0.2, 0.25) is 0 Å². The lowest BCUT2D eigenvalue weighted by Crippen LogP contribution is -2.39. The molecule has 2 rings (SSSR count). The highest BCUT2D eigenvalue weighted by Crippen LogP contribution is 2.39. The Morgan fingerprint density at radius 3 is 2.71 bits per heavy atom.